The summed E-state index contributed by atoms with van der Waals surface area (Å²) < 4.78 is 1.75. The van der Waals surface area contributed by atoms with Crippen molar-refractivity contribution in [3.8, 4) is 0 Å². The van der Waals surface area contributed by atoms with Crippen LogP contribution in [0.25, 0.3) is 11.0 Å². The van der Waals surface area contributed by atoms with Gasteiger partial charge in [-0.1, -0.05) is 18.6 Å². The molecule has 2 aliphatic rings. The number of benzene rings is 1. The first-order chi connectivity index (χ1) is 10.1. The third kappa shape index (κ3) is 1.54. The van der Waals surface area contributed by atoms with E-state index in [2.05, 4.69) is 4.98 Å². The molecule has 21 heavy (non-hydrogen) atoms. The van der Waals surface area contributed by atoms with E-state index in [0.29, 0.717) is 11.4 Å². The zero-order valence-electron chi connectivity index (χ0n) is 11.6. The van der Waals surface area contributed by atoms with Crippen LogP contribution in [0.1, 0.15) is 42.6 Å². The first kappa shape index (κ1) is 12.6. The topological polar surface area (TPSA) is 72.2 Å². The van der Waals surface area contributed by atoms with Crippen molar-refractivity contribution >= 4 is 17.0 Å². The Morgan fingerprint density at radius 2 is 2.10 bits per heavy atom. The number of aromatic nitrogens is 2. The number of carboxylic acids is 1. The van der Waals surface area contributed by atoms with Crippen molar-refractivity contribution in [1.29, 1.82) is 0 Å². The minimum atomic E-state index is -1.25. The van der Waals surface area contributed by atoms with E-state index in [4.69, 9.17) is 0 Å². The van der Waals surface area contributed by atoms with Crippen molar-refractivity contribution in [2.24, 2.45) is 5.92 Å². The molecule has 2 fully saturated rings. The van der Waals surface area contributed by atoms with Crippen LogP contribution in [0.2, 0.25) is 0 Å². The fourth-order valence-corrected chi connectivity index (χ4v) is 4.20. The number of hydrogen-bond donors (Lipinski definition) is 1. The summed E-state index contributed by atoms with van der Waals surface area (Å²) >= 11 is 0. The minimum absolute atomic E-state index is 0.177. The predicted molar refractivity (Wildman–Crippen MR) is 77.5 cm³/mol. The normalized spacial score (nSPS) is 27.3. The number of aromatic carboxylic acids is 1. The molecular weight excluding hydrogens is 268 g/mol. The van der Waals surface area contributed by atoms with E-state index in [1.165, 1.54) is 0 Å². The molecule has 5 nitrogen and oxygen atoms in total. The minimum Gasteiger partial charge on any atom is -0.476 e. The molecular formula is C16H16N2O3. The zero-order chi connectivity index (χ0) is 14.6. The van der Waals surface area contributed by atoms with E-state index >= 15 is 0 Å². The van der Waals surface area contributed by atoms with Gasteiger partial charge >= 0.3 is 5.97 Å². The van der Waals surface area contributed by atoms with Crippen molar-refractivity contribution in [3.63, 3.8) is 0 Å². The van der Waals surface area contributed by atoms with Crippen molar-refractivity contribution < 1.29 is 9.90 Å². The maximum absolute atomic E-state index is 12.7. The molecule has 0 saturated heterocycles. The van der Waals surface area contributed by atoms with Gasteiger partial charge in [0, 0.05) is 0 Å². The standard InChI is InChI=1S/C16H16N2O3/c19-14-13(15(20)21)17-11-5-1-2-6-12(11)18(14)16-8-3-4-10(16)7-9-16/h1-2,5-6,10H,3-4,7-9H2,(H,20,21)/t10?,16-/m0/s1. The number of carboxylic acid groups (broad SMARTS) is 1. The molecule has 2 aliphatic carbocycles. The second-order valence-electron chi connectivity index (χ2n) is 6.13. The van der Waals surface area contributed by atoms with Gasteiger partial charge in [-0.3, -0.25) is 9.36 Å². The van der Waals surface area contributed by atoms with Crippen LogP contribution in [0.5, 0.6) is 0 Å². The van der Waals surface area contributed by atoms with Gasteiger partial charge in [0.1, 0.15) is 0 Å². The Morgan fingerprint density at radius 3 is 2.76 bits per heavy atom. The van der Waals surface area contributed by atoms with Crippen LogP contribution in [0, 0.1) is 5.92 Å². The van der Waals surface area contributed by atoms with E-state index in [9.17, 15) is 14.7 Å². The summed E-state index contributed by atoms with van der Waals surface area (Å²) in [5, 5.41) is 9.28. The summed E-state index contributed by atoms with van der Waals surface area (Å²) in [4.78, 5) is 28.1. The second-order valence-corrected chi connectivity index (χ2v) is 6.13. The van der Waals surface area contributed by atoms with E-state index in [1.807, 2.05) is 18.2 Å². The molecule has 1 aromatic heterocycles. The number of nitrogens with zero attached hydrogens (tertiary/aromatic N) is 2. The van der Waals surface area contributed by atoms with E-state index in [-0.39, 0.29) is 11.2 Å². The Labute approximate surface area is 121 Å². The SMILES string of the molecule is O=C(O)c1nc2ccccc2n([C@]23CCCC2CC3)c1=O. The van der Waals surface area contributed by atoms with Gasteiger partial charge in [0.05, 0.1) is 16.6 Å². The lowest BCUT2D eigenvalue weighted by Crippen LogP contribution is -2.51. The van der Waals surface area contributed by atoms with Crippen LogP contribution in [0.15, 0.2) is 29.1 Å². The van der Waals surface area contributed by atoms with E-state index < -0.39 is 11.5 Å². The highest BCUT2D eigenvalue weighted by Gasteiger charge is 2.52. The van der Waals surface area contributed by atoms with Crippen LogP contribution < -0.4 is 5.56 Å². The second kappa shape index (κ2) is 4.16. The fourth-order valence-electron chi connectivity index (χ4n) is 4.20. The largest absolute Gasteiger partial charge is 0.476 e. The number of fused-ring (bicyclic) bond motifs is 2. The summed E-state index contributed by atoms with van der Waals surface area (Å²) in [5.74, 6) is -0.743. The maximum Gasteiger partial charge on any atom is 0.360 e. The Morgan fingerprint density at radius 1 is 1.29 bits per heavy atom. The molecule has 0 amide bonds. The average Bonchev–Trinajstić information content (AvgIpc) is 2.74. The number of para-hydroxylation sites is 2. The van der Waals surface area contributed by atoms with E-state index in [1.54, 1.807) is 10.6 Å². The summed E-state index contributed by atoms with van der Waals surface area (Å²) in [6.07, 6.45) is 5.29. The van der Waals surface area contributed by atoms with Crippen LogP contribution in [-0.2, 0) is 5.54 Å². The highest BCUT2D eigenvalue weighted by molar-refractivity contribution is 5.88. The highest BCUT2D eigenvalue weighted by atomic mass is 16.4. The Balaban J connectivity index is 2.09. The van der Waals surface area contributed by atoms with Crippen LogP contribution in [-0.4, -0.2) is 20.6 Å². The lowest BCUT2D eigenvalue weighted by molar-refractivity contribution is 0.0662. The van der Waals surface area contributed by atoms with Gasteiger partial charge in [0.2, 0.25) is 5.69 Å². The molecule has 2 atom stereocenters. The third-order valence-corrected chi connectivity index (χ3v) is 5.26. The molecule has 0 spiro atoms. The third-order valence-electron chi connectivity index (χ3n) is 5.26. The fraction of sp³-hybridized carbons (Fsp3) is 0.438. The van der Waals surface area contributed by atoms with Crippen molar-refractivity contribution in [3.05, 3.63) is 40.3 Å². The average molecular weight is 284 g/mol. The molecule has 2 aromatic rings. The summed E-state index contributed by atoms with van der Waals surface area (Å²) in [6, 6.07) is 7.34. The summed E-state index contributed by atoms with van der Waals surface area (Å²) in [7, 11) is 0. The molecule has 1 unspecified atom stereocenters. The first-order valence-electron chi connectivity index (χ1n) is 7.39. The van der Waals surface area contributed by atoms with Crippen molar-refractivity contribution in [2.75, 3.05) is 0 Å². The van der Waals surface area contributed by atoms with Gasteiger partial charge in [-0.2, -0.15) is 0 Å². The number of hydrogen-bond acceptors (Lipinski definition) is 3. The Kier molecular flexibility index (Phi) is 2.49. The molecule has 1 heterocycles. The van der Waals surface area contributed by atoms with Gasteiger partial charge in [0.15, 0.2) is 0 Å². The maximum atomic E-state index is 12.7. The predicted octanol–water partition coefficient (Wildman–Crippen LogP) is 2.38. The molecule has 108 valence electrons. The van der Waals surface area contributed by atoms with Gasteiger partial charge < -0.3 is 5.11 Å². The molecule has 0 bridgehead atoms. The Bertz CT molecular complexity index is 811. The summed E-state index contributed by atoms with van der Waals surface area (Å²) in [5.41, 5.74) is 0.359. The van der Waals surface area contributed by atoms with Gasteiger partial charge in [-0.15, -0.1) is 0 Å². The molecule has 1 aromatic carbocycles. The zero-order valence-corrected chi connectivity index (χ0v) is 11.6. The summed E-state index contributed by atoms with van der Waals surface area (Å²) in [6.45, 7) is 0. The van der Waals surface area contributed by atoms with Gasteiger partial charge in [0.25, 0.3) is 5.56 Å². The smallest absolute Gasteiger partial charge is 0.360 e. The monoisotopic (exact) mass is 284 g/mol. The quantitative estimate of drug-likeness (QED) is 0.919. The van der Waals surface area contributed by atoms with Crippen LogP contribution >= 0.6 is 0 Å². The number of rotatable bonds is 2. The molecule has 0 radical (unpaired) electrons. The lowest BCUT2D eigenvalue weighted by Gasteiger charge is -2.47. The van der Waals surface area contributed by atoms with Crippen molar-refractivity contribution in [1.82, 2.24) is 9.55 Å². The molecule has 4 rings (SSSR count). The highest BCUT2D eigenvalue weighted by Crippen LogP contribution is 2.55. The molecule has 0 aliphatic heterocycles. The van der Waals surface area contributed by atoms with Crippen LogP contribution in [0.4, 0.5) is 0 Å². The molecule has 2 saturated carbocycles. The number of carbonyl (C=O) groups is 1. The molecule has 1 N–H and O–H groups in total. The van der Waals surface area contributed by atoms with Gasteiger partial charge in [-0.25, -0.2) is 9.78 Å². The Hall–Kier alpha value is -2.17. The van der Waals surface area contributed by atoms with Crippen LogP contribution in [0.3, 0.4) is 0 Å². The lowest BCUT2D eigenvalue weighted by atomic mass is 9.68. The van der Waals surface area contributed by atoms with Gasteiger partial charge in [-0.05, 0) is 43.7 Å². The first-order valence-corrected chi connectivity index (χ1v) is 7.39. The molecule has 5 heteroatoms. The van der Waals surface area contributed by atoms with E-state index in [0.717, 1.165) is 37.6 Å². The van der Waals surface area contributed by atoms with Crippen molar-refractivity contribution in [2.45, 2.75) is 37.6 Å².